The Kier molecular flexibility index (Phi) is 5.19. The largest absolute Gasteiger partial charge is 0.494 e. The van der Waals surface area contributed by atoms with Gasteiger partial charge in [-0.15, -0.1) is 0 Å². The fourth-order valence-corrected chi connectivity index (χ4v) is 1.82. The molecule has 0 aliphatic carbocycles. The topological polar surface area (TPSA) is 46.5 Å². The Hall–Kier alpha value is -1.16. The summed E-state index contributed by atoms with van der Waals surface area (Å²) in [7, 11) is 0. The molecule has 0 aromatic heterocycles. The summed E-state index contributed by atoms with van der Waals surface area (Å²) in [6.07, 6.45) is 2.95. The molecule has 0 fully saturated rings. The molecule has 0 radical (unpaired) electrons. The number of benzene rings is 1. The van der Waals surface area contributed by atoms with Crippen LogP contribution in [0, 0.1) is 0 Å². The number of ether oxygens (including phenoxy) is 1. The summed E-state index contributed by atoms with van der Waals surface area (Å²) in [5, 5.41) is 8.88. The zero-order chi connectivity index (χ0) is 12.0. The predicted octanol–water partition coefficient (Wildman–Crippen LogP) is 2.69. The van der Waals surface area contributed by atoms with Gasteiger partial charge in [0.15, 0.2) is 0 Å². The lowest BCUT2D eigenvalue weighted by atomic mass is 10.1. The predicted molar refractivity (Wildman–Crippen MR) is 66.7 cm³/mol. The van der Waals surface area contributed by atoms with Gasteiger partial charge in [0.1, 0.15) is 5.75 Å². The van der Waals surface area contributed by atoms with Crippen molar-refractivity contribution in [1.82, 2.24) is 0 Å². The zero-order valence-corrected chi connectivity index (χ0v) is 10.3. The van der Waals surface area contributed by atoms with Gasteiger partial charge in [-0.1, -0.05) is 6.07 Å². The van der Waals surface area contributed by atoms with Crippen molar-refractivity contribution in [2.45, 2.75) is 13.3 Å². The van der Waals surface area contributed by atoms with E-state index in [1.54, 1.807) is 23.9 Å². The lowest BCUT2D eigenvalue weighted by Gasteiger charge is -2.10. The number of thioether (sulfide) groups is 1. The van der Waals surface area contributed by atoms with E-state index in [1.165, 1.54) is 0 Å². The van der Waals surface area contributed by atoms with Crippen LogP contribution in [0.25, 0.3) is 0 Å². The minimum absolute atomic E-state index is 0.274. The van der Waals surface area contributed by atoms with Crippen LogP contribution in [0.15, 0.2) is 18.2 Å². The van der Waals surface area contributed by atoms with E-state index in [1.807, 2.05) is 19.2 Å². The lowest BCUT2D eigenvalue weighted by molar-refractivity contribution is 0.0696. The molecule has 0 atom stereocenters. The Morgan fingerprint density at radius 1 is 1.50 bits per heavy atom. The van der Waals surface area contributed by atoms with Gasteiger partial charge in [0, 0.05) is 0 Å². The van der Waals surface area contributed by atoms with Gasteiger partial charge in [-0.3, -0.25) is 0 Å². The number of carboxylic acid groups (broad SMARTS) is 1. The molecule has 88 valence electrons. The molecule has 0 unspecified atom stereocenters. The smallest absolute Gasteiger partial charge is 0.335 e. The van der Waals surface area contributed by atoms with E-state index >= 15 is 0 Å². The summed E-state index contributed by atoms with van der Waals surface area (Å²) >= 11 is 1.76. The van der Waals surface area contributed by atoms with E-state index in [0.717, 1.165) is 17.7 Å². The minimum atomic E-state index is -0.919. The molecule has 1 rings (SSSR count). The Bertz CT molecular complexity index is 363. The monoisotopic (exact) mass is 240 g/mol. The highest BCUT2D eigenvalue weighted by Crippen LogP contribution is 2.22. The van der Waals surface area contributed by atoms with Crippen molar-refractivity contribution in [3.8, 4) is 5.75 Å². The van der Waals surface area contributed by atoms with Crippen LogP contribution >= 0.6 is 11.8 Å². The Morgan fingerprint density at radius 2 is 2.25 bits per heavy atom. The number of aromatic carboxylic acids is 1. The first-order valence-corrected chi connectivity index (χ1v) is 6.56. The normalized spacial score (nSPS) is 10.1. The number of carbonyl (C=O) groups is 1. The van der Waals surface area contributed by atoms with Crippen LogP contribution in [0.1, 0.15) is 22.8 Å². The third-order valence-electron chi connectivity index (χ3n) is 2.19. The number of carboxylic acids is 1. The third-order valence-corrected chi connectivity index (χ3v) is 2.80. The highest BCUT2D eigenvalue weighted by Gasteiger charge is 2.08. The summed E-state index contributed by atoms with van der Waals surface area (Å²) < 4.78 is 5.45. The molecule has 0 heterocycles. The maximum absolute atomic E-state index is 10.8. The second-order valence-corrected chi connectivity index (χ2v) is 4.29. The minimum Gasteiger partial charge on any atom is -0.494 e. The maximum atomic E-state index is 10.8. The van der Waals surface area contributed by atoms with Crippen LogP contribution in [0.2, 0.25) is 0 Å². The molecule has 1 N–H and O–H groups in total. The molecular formula is C12H16O3S. The lowest BCUT2D eigenvalue weighted by Crippen LogP contribution is -2.02. The van der Waals surface area contributed by atoms with E-state index in [2.05, 4.69) is 0 Å². The first-order valence-electron chi connectivity index (χ1n) is 5.17. The van der Waals surface area contributed by atoms with Gasteiger partial charge >= 0.3 is 5.97 Å². The van der Waals surface area contributed by atoms with E-state index in [9.17, 15) is 4.79 Å². The molecule has 0 aliphatic heterocycles. The van der Waals surface area contributed by atoms with Crippen molar-refractivity contribution in [1.29, 1.82) is 0 Å². The summed E-state index contributed by atoms with van der Waals surface area (Å²) in [4.78, 5) is 10.8. The van der Waals surface area contributed by atoms with Crippen LogP contribution in [-0.2, 0) is 6.42 Å². The van der Waals surface area contributed by atoms with Crippen molar-refractivity contribution in [2.24, 2.45) is 0 Å². The van der Waals surface area contributed by atoms with Gasteiger partial charge in [-0.25, -0.2) is 4.79 Å². The molecule has 3 nitrogen and oxygen atoms in total. The second kappa shape index (κ2) is 6.43. The van der Waals surface area contributed by atoms with Crippen LogP contribution in [0.3, 0.4) is 0 Å². The van der Waals surface area contributed by atoms with E-state index in [-0.39, 0.29) is 5.56 Å². The second-order valence-electron chi connectivity index (χ2n) is 3.30. The quantitative estimate of drug-likeness (QED) is 0.830. The molecule has 0 spiro atoms. The van der Waals surface area contributed by atoms with E-state index in [4.69, 9.17) is 9.84 Å². The van der Waals surface area contributed by atoms with Crippen LogP contribution in [0.5, 0.6) is 5.75 Å². The average molecular weight is 240 g/mol. The summed E-state index contributed by atoms with van der Waals surface area (Å²) in [6, 6.07) is 5.06. The number of hydrogen-bond acceptors (Lipinski definition) is 3. The summed E-state index contributed by atoms with van der Waals surface area (Å²) in [6.45, 7) is 2.45. The van der Waals surface area contributed by atoms with Crippen LogP contribution < -0.4 is 4.74 Å². The van der Waals surface area contributed by atoms with E-state index in [0.29, 0.717) is 12.4 Å². The van der Waals surface area contributed by atoms with Crippen LogP contribution in [0.4, 0.5) is 0 Å². The Balaban J connectivity index is 2.94. The Morgan fingerprint density at radius 3 is 2.81 bits per heavy atom. The molecule has 4 heteroatoms. The van der Waals surface area contributed by atoms with Gasteiger partial charge in [-0.05, 0) is 43.0 Å². The van der Waals surface area contributed by atoms with Crippen molar-refractivity contribution in [3.05, 3.63) is 29.3 Å². The zero-order valence-electron chi connectivity index (χ0n) is 9.53. The molecule has 0 aliphatic rings. The molecule has 0 saturated heterocycles. The molecule has 0 bridgehead atoms. The third kappa shape index (κ3) is 3.45. The fourth-order valence-electron chi connectivity index (χ4n) is 1.40. The first kappa shape index (κ1) is 12.9. The standard InChI is InChI=1S/C12H16O3S/c1-3-15-11-8-10(12(13)14)5-4-9(11)6-7-16-2/h4-5,8H,3,6-7H2,1-2H3,(H,13,14). The van der Waals surface area contributed by atoms with Crippen molar-refractivity contribution in [3.63, 3.8) is 0 Å². The van der Waals surface area contributed by atoms with Gasteiger partial charge < -0.3 is 9.84 Å². The number of aryl methyl sites for hydroxylation is 1. The Labute approximate surface area is 99.8 Å². The molecule has 0 saturated carbocycles. The summed E-state index contributed by atoms with van der Waals surface area (Å²) in [5.74, 6) is 0.778. The van der Waals surface area contributed by atoms with Gasteiger partial charge in [0.2, 0.25) is 0 Å². The number of rotatable bonds is 6. The molecule has 1 aromatic carbocycles. The van der Waals surface area contributed by atoms with Crippen molar-refractivity contribution >= 4 is 17.7 Å². The highest BCUT2D eigenvalue weighted by atomic mass is 32.2. The van der Waals surface area contributed by atoms with Gasteiger partial charge in [0.05, 0.1) is 12.2 Å². The van der Waals surface area contributed by atoms with Crippen molar-refractivity contribution < 1.29 is 14.6 Å². The van der Waals surface area contributed by atoms with Crippen LogP contribution in [-0.4, -0.2) is 29.7 Å². The highest BCUT2D eigenvalue weighted by molar-refractivity contribution is 7.98. The molecular weight excluding hydrogens is 224 g/mol. The van der Waals surface area contributed by atoms with Gasteiger partial charge in [0.25, 0.3) is 0 Å². The SMILES string of the molecule is CCOc1cc(C(=O)O)ccc1CCSC. The van der Waals surface area contributed by atoms with Crippen molar-refractivity contribution in [2.75, 3.05) is 18.6 Å². The molecule has 0 amide bonds. The first-order chi connectivity index (χ1) is 7.69. The molecule has 1 aromatic rings. The summed E-state index contributed by atoms with van der Waals surface area (Å²) in [5.41, 5.74) is 1.34. The van der Waals surface area contributed by atoms with E-state index < -0.39 is 5.97 Å². The maximum Gasteiger partial charge on any atom is 0.335 e. The fraction of sp³-hybridized carbons (Fsp3) is 0.417. The van der Waals surface area contributed by atoms with Gasteiger partial charge in [-0.2, -0.15) is 11.8 Å². The average Bonchev–Trinajstić information content (AvgIpc) is 2.27. The molecule has 16 heavy (non-hydrogen) atoms. The number of hydrogen-bond donors (Lipinski definition) is 1.